The highest BCUT2D eigenvalue weighted by Gasteiger charge is 2.28. The maximum Gasteiger partial charge on any atom is 0.257 e. The summed E-state index contributed by atoms with van der Waals surface area (Å²) in [5.41, 5.74) is 2.73. The molecule has 1 amide bonds. The lowest BCUT2D eigenvalue weighted by atomic mass is 10.1. The number of piperazine rings is 1. The first-order chi connectivity index (χ1) is 13.1. The highest BCUT2D eigenvalue weighted by Crippen LogP contribution is 2.24. The van der Waals surface area contributed by atoms with Crippen LogP contribution in [0.4, 0.5) is 0 Å². The number of carbonyl (C=O) groups excluding carboxylic acids is 1. The summed E-state index contributed by atoms with van der Waals surface area (Å²) < 4.78 is 10.5. The normalized spacial score (nSPS) is 16.4. The molecule has 0 spiro atoms. The molecule has 1 atom stereocenters. The van der Waals surface area contributed by atoms with Gasteiger partial charge in [0.2, 0.25) is 11.7 Å². The van der Waals surface area contributed by atoms with Crippen molar-refractivity contribution < 1.29 is 13.7 Å². The standard InChI is InChI=1S/C20H22N4O3/c1-14-3-5-16(6-4-14)18-21-19(27-22-18)15(2)23-8-10-24(11-9-23)20(25)17-7-12-26-13-17/h3-7,12-13,15H,8-11H2,1-2H3. The van der Waals surface area contributed by atoms with E-state index >= 15 is 0 Å². The SMILES string of the molecule is Cc1ccc(-c2noc(C(C)N3CCN(C(=O)c4ccoc4)CC3)n2)cc1. The summed E-state index contributed by atoms with van der Waals surface area (Å²) in [7, 11) is 0. The second-order valence-electron chi connectivity index (χ2n) is 6.84. The van der Waals surface area contributed by atoms with E-state index in [9.17, 15) is 4.79 Å². The van der Waals surface area contributed by atoms with Crippen LogP contribution in [0.2, 0.25) is 0 Å². The van der Waals surface area contributed by atoms with E-state index in [1.165, 1.54) is 18.1 Å². The Balaban J connectivity index is 1.39. The van der Waals surface area contributed by atoms with Gasteiger partial charge in [0.05, 0.1) is 17.9 Å². The molecule has 3 aromatic rings. The number of aromatic nitrogens is 2. The second-order valence-corrected chi connectivity index (χ2v) is 6.84. The Labute approximate surface area is 157 Å². The van der Waals surface area contributed by atoms with E-state index in [-0.39, 0.29) is 11.9 Å². The van der Waals surface area contributed by atoms with Gasteiger partial charge < -0.3 is 13.8 Å². The molecule has 0 saturated carbocycles. The van der Waals surface area contributed by atoms with Crippen LogP contribution in [0.1, 0.15) is 34.8 Å². The van der Waals surface area contributed by atoms with Crippen molar-refractivity contribution in [2.24, 2.45) is 0 Å². The molecule has 7 heteroatoms. The monoisotopic (exact) mass is 366 g/mol. The third kappa shape index (κ3) is 3.64. The Hall–Kier alpha value is -2.93. The minimum absolute atomic E-state index is 0.00266. The zero-order valence-corrected chi connectivity index (χ0v) is 15.5. The fourth-order valence-corrected chi connectivity index (χ4v) is 3.26. The molecule has 0 N–H and O–H groups in total. The fourth-order valence-electron chi connectivity index (χ4n) is 3.26. The smallest absolute Gasteiger partial charge is 0.257 e. The molecular weight excluding hydrogens is 344 g/mol. The molecule has 4 rings (SSSR count). The zero-order chi connectivity index (χ0) is 18.8. The quantitative estimate of drug-likeness (QED) is 0.706. The minimum Gasteiger partial charge on any atom is -0.472 e. The maximum atomic E-state index is 12.4. The van der Waals surface area contributed by atoms with Gasteiger partial charge in [0.25, 0.3) is 5.91 Å². The predicted octanol–water partition coefficient (Wildman–Crippen LogP) is 3.16. The van der Waals surface area contributed by atoms with Gasteiger partial charge in [-0.3, -0.25) is 9.69 Å². The van der Waals surface area contributed by atoms with Crippen LogP contribution >= 0.6 is 0 Å². The average Bonchev–Trinajstić information content (AvgIpc) is 3.40. The first-order valence-electron chi connectivity index (χ1n) is 9.08. The number of nitrogens with zero attached hydrogens (tertiary/aromatic N) is 4. The number of carbonyl (C=O) groups is 1. The van der Waals surface area contributed by atoms with Gasteiger partial charge in [0.15, 0.2) is 0 Å². The van der Waals surface area contributed by atoms with E-state index < -0.39 is 0 Å². The molecule has 0 bridgehead atoms. The number of hydrogen-bond acceptors (Lipinski definition) is 6. The lowest BCUT2D eigenvalue weighted by molar-refractivity contribution is 0.0551. The molecule has 140 valence electrons. The van der Waals surface area contributed by atoms with Crippen LogP contribution < -0.4 is 0 Å². The van der Waals surface area contributed by atoms with Crippen molar-refractivity contribution in [1.82, 2.24) is 19.9 Å². The molecule has 1 unspecified atom stereocenters. The van der Waals surface area contributed by atoms with Crippen molar-refractivity contribution in [3.05, 3.63) is 59.9 Å². The van der Waals surface area contributed by atoms with Crippen LogP contribution in [0.15, 0.2) is 51.8 Å². The number of furan rings is 1. The van der Waals surface area contributed by atoms with Crippen molar-refractivity contribution in [1.29, 1.82) is 0 Å². The lowest BCUT2D eigenvalue weighted by Gasteiger charge is -2.36. The van der Waals surface area contributed by atoms with Crippen molar-refractivity contribution in [2.45, 2.75) is 19.9 Å². The van der Waals surface area contributed by atoms with Gasteiger partial charge >= 0.3 is 0 Å². The summed E-state index contributed by atoms with van der Waals surface area (Å²) in [6.07, 6.45) is 3.01. The Bertz CT molecular complexity index is 894. The van der Waals surface area contributed by atoms with Gasteiger partial charge in [-0.05, 0) is 19.9 Å². The van der Waals surface area contributed by atoms with E-state index in [1.54, 1.807) is 6.07 Å². The van der Waals surface area contributed by atoms with Crippen molar-refractivity contribution >= 4 is 5.91 Å². The number of aryl methyl sites for hydroxylation is 1. The molecule has 27 heavy (non-hydrogen) atoms. The molecule has 3 heterocycles. The molecule has 7 nitrogen and oxygen atoms in total. The summed E-state index contributed by atoms with van der Waals surface area (Å²) >= 11 is 0. The van der Waals surface area contributed by atoms with Gasteiger partial charge in [-0.25, -0.2) is 0 Å². The third-order valence-electron chi connectivity index (χ3n) is 5.03. The van der Waals surface area contributed by atoms with Crippen LogP contribution in [-0.4, -0.2) is 52.0 Å². The number of benzene rings is 1. The van der Waals surface area contributed by atoms with E-state index in [2.05, 4.69) is 22.0 Å². The Kier molecular flexibility index (Phi) is 4.77. The summed E-state index contributed by atoms with van der Waals surface area (Å²) in [6.45, 7) is 6.94. The molecule has 2 aromatic heterocycles. The first-order valence-corrected chi connectivity index (χ1v) is 9.08. The Morgan fingerprint density at radius 2 is 1.85 bits per heavy atom. The molecule has 1 aliphatic rings. The molecule has 1 fully saturated rings. The van der Waals surface area contributed by atoms with Gasteiger partial charge in [0, 0.05) is 31.7 Å². The molecular formula is C20H22N4O3. The van der Waals surface area contributed by atoms with Crippen LogP contribution in [-0.2, 0) is 0 Å². The topological polar surface area (TPSA) is 75.6 Å². The lowest BCUT2D eigenvalue weighted by Crippen LogP contribution is -2.49. The van der Waals surface area contributed by atoms with Crippen molar-refractivity contribution in [3.63, 3.8) is 0 Å². The van der Waals surface area contributed by atoms with E-state index in [4.69, 9.17) is 8.94 Å². The van der Waals surface area contributed by atoms with E-state index in [1.807, 2.05) is 36.1 Å². The van der Waals surface area contributed by atoms with Crippen LogP contribution in [0, 0.1) is 6.92 Å². The molecule has 0 radical (unpaired) electrons. The average molecular weight is 366 g/mol. The maximum absolute atomic E-state index is 12.4. The van der Waals surface area contributed by atoms with Gasteiger partial charge in [-0.2, -0.15) is 4.98 Å². The minimum atomic E-state index is 0.00266. The number of rotatable bonds is 4. The van der Waals surface area contributed by atoms with Crippen molar-refractivity contribution in [2.75, 3.05) is 26.2 Å². The van der Waals surface area contributed by atoms with E-state index in [0.717, 1.165) is 18.7 Å². The number of amides is 1. The summed E-state index contributed by atoms with van der Waals surface area (Å²) in [6, 6.07) is 9.75. The van der Waals surface area contributed by atoms with Gasteiger partial charge in [0.1, 0.15) is 6.26 Å². The van der Waals surface area contributed by atoms with Crippen molar-refractivity contribution in [3.8, 4) is 11.4 Å². The largest absolute Gasteiger partial charge is 0.472 e. The summed E-state index contributed by atoms with van der Waals surface area (Å²) in [5, 5.41) is 4.12. The zero-order valence-electron chi connectivity index (χ0n) is 15.5. The van der Waals surface area contributed by atoms with Crippen LogP contribution in [0.5, 0.6) is 0 Å². The second kappa shape index (κ2) is 7.36. The predicted molar refractivity (Wildman–Crippen MR) is 99.1 cm³/mol. The molecule has 0 aliphatic carbocycles. The summed E-state index contributed by atoms with van der Waals surface area (Å²) in [4.78, 5) is 21.1. The highest BCUT2D eigenvalue weighted by atomic mass is 16.5. The number of hydrogen-bond donors (Lipinski definition) is 0. The molecule has 1 aliphatic heterocycles. The highest BCUT2D eigenvalue weighted by molar-refractivity contribution is 5.93. The van der Waals surface area contributed by atoms with Crippen LogP contribution in [0.3, 0.4) is 0 Å². The van der Waals surface area contributed by atoms with E-state index in [0.29, 0.717) is 30.4 Å². The van der Waals surface area contributed by atoms with Gasteiger partial charge in [-0.15, -0.1) is 0 Å². The van der Waals surface area contributed by atoms with Gasteiger partial charge in [-0.1, -0.05) is 35.0 Å². The first kappa shape index (κ1) is 17.5. The molecule has 1 aromatic carbocycles. The molecule has 1 saturated heterocycles. The Morgan fingerprint density at radius 3 is 2.52 bits per heavy atom. The summed E-state index contributed by atoms with van der Waals surface area (Å²) in [5.74, 6) is 1.21. The fraction of sp³-hybridized carbons (Fsp3) is 0.350. The van der Waals surface area contributed by atoms with Crippen LogP contribution in [0.25, 0.3) is 11.4 Å². The Morgan fingerprint density at radius 1 is 1.11 bits per heavy atom. The third-order valence-corrected chi connectivity index (χ3v) is 5.03.